The van der Waals surface area contributed by atoms with E-state index in [1.54, 1.807) is 4.90 Å². The number of hydrogen-bond acceptors (Lipinski definition) is 4. The fraction of sp³-hybridized carbons (Fsp3) is 0.433. The number of rotatable bonds is 5. The zero-order valence-electron chi connectivity index (χ0n) is 21.9. The topological polar surface area (TPSA) is 87.4 Å². The highest BCUT2D eigenvalue weighted by atomic mass is 16.6. The lowest BCUT2D eigenvalue weighted by Crippen LogP contribution is -2.55. The van der Waals surface area contributed by atoms with Crippen LogP contribution < -0.4 is 5.32 Å². The summed E-state index contributed by atoms with van der Waals surface area (Å²) >= 11 is 0. The molecule has 3 aromatic rings. The van der Waals surface area contributed by atoms with Crippen molar-refractivity contribution in [3.8, 4) is 17.2 Å². The fourth-order valence-corrected chi connectivity index (χ4v) is 5.82. The van der Waals surface area contributed by atoms with Crippen LogP contribution in [0.4, 0.5) is 4.79 Å². The Morgan fingerprint density at radius 3 is 2.54 bits per heavy atom. The number of carbonyl (C=O) groups excluding carboxylic acids is 2. The van der Waals surface area contributed by atoms with Crippen molar-refractivity contribution in [2.75, 3.05) is 0 Å². The number of amides is 2. The molecule has 4 atom stereocenters. The van der Waals surface area contributed by atoms with E-state index in [1.165, 1.54) is 10.9 Å². The molecule has 0 radical (unpaired) electrons. The van der Waals surface area contributed by atoms with Gasteiger partial charge in [-0.05, 0) is 80.8 Å². The Labute approximate surface area is 218 Å². The van der Waals surface area contributed by atoms with Gasteiger partial charge in [0.2, 0.25) is 5.91 Å². The number of piperidine rings is 1. The summed E-state index contributed by atoms with van der Waals surface area (Å²) < 4.78 is 7.69. The second kappa shape index (κ2) is 9.59. The molecule has 1 saturated carbocycles. The number of nitrogens with one attached hydrogen (secondary N) is 1. The predicted molar refractivity (Wildman–Crippen MR) is 143 cm³/mol. The summed E-state index contributed by atoms with van der Waals surface area (Å²) in [5, 5.41) is 13.9. The zero-order valence-corrected chi connectivity index (χ0v) is 21.9. The SMILES string of the molecule is Cn1ccc2cc(-c3ccc(C[C@@H](C#N)NC(=O)[C@@H]4[C@H]5CC[C@H](C5)N4C(=O)OC(C)(C)C)cc3)ccc21. The summed E-state index contributed by atoms with van der Waals surface area (Å²) in [7, 11) is 2.04. The van der Waals surface area contributed by atoms with Gasteiger partial charge in [0.05, 0.1) is 6.07 Å². The lowest BCUT2D eigenvalue weighted by atomic mass is 9.97. The van der Waals surface area contributed by atoms with Gasteiger partial charge in [-0.15, -0.1) is 0 Å². The molecule has 7 heteroatoms. The Morgan fingerprint density at radius 2 is 1.84 bits per heavy atom. The molecule has 1 aromatic heterocycles. The molecule has 0 unspecified atom stereocenters. The van der Waals surface area contributed by atoms with Gasteiger partial charge in [-0.1, -0.05) is 30.3 Å². The summed E-state index contributed by atoms with van der Waals surface area (Å²) in [6.07, 6.45) is 4.61. The summed E-state index contributed by atoms with van der Waals surface area (Å²) in [4.78, 5) is 27.8. The van der Waals surface area contributed by atoms with Crippen molar-refractivity contribution in [1.82, 2.24) is 14.8 Å². The number of benzene rings is 2. The van der Waals surface area contributed by atoms with Crippen molar-refractivity contribution in [3.05, 3.63) is 60.3 Å². The maximum Gasteiger partial charge on any atom is 0.411 e. The number of aromatic nitrogens is 1. The Bertz CT molecular complexity index is 1360. The number of hydrogen-bond donors (Lipinski definition) is 1. The van der Waals surface area contributed by atoms with Crippen molar-refractivity contribution >= 4 is 22.9 Å². The van der Waals surface area contributed by atoms with E-state index in [0.717, 1.165) is 36.0 Å². The van der Waals surface area contributed by atoms with Crippen molar-refractivity contribution in [2.45, 2.75) is 70.2 Å². The van der Waals surface area contributed by atoms with E-state index >= 15 is 0 Å². The number of carbonyl (C=O) groups is 2. The number of aryl methyl sites for hydroxylation is 1. The second-order valence-corrected chi connectivity index (χ2v) is 11.4. The maximum atomic E-state index is 13.3. The van der Waals surface area contributed by atoms with E-state index < -0.39 is 23.8 Å². The van der Waals surface area contributed by atoms with Gasteiger partial charge in [-0.2, -0.15) is 5.26 Å². The van der Waals surface area contributed by atoms with Crippen molar-refractivity contribution in [2.24, 2.45) is 13.0 Å². The molecule has 2 heterocycles. The Hall–Kier alpha value is -3.79. The smallest absolute Gasteiger partial charge is 0.411 e. The third-order valence-electron chi connectivity index (χ3n) is 7.54. The number of nitriles is 1. The van der Waals surface area contributed by atoms with Crippen LogP contribution in [0.25, 0.3) is 22.0 Å². The molecule has 2 bridgehead atoms. The molecule has 2 amide bonds. The van der Waals surface area contributed by atoms with E-state index in [2.05, 4.69) is 58.5 Å². The van der Waals surface area contributed by atoms with Crippen LogP contribution in [0.1, 0.15) is 45.6 Å². The molecule has 5 rings (SSSR count). The molecule has 1 N–H and O–H groups in total. The van der Waals surface area contributed by atoms with E-state index in [0.29, 0.717) is 6.42 Å². The lowest BCUT2D eigenvalue weighted by molar-refractivity contribution is -0.128. The zero-order chi connectivity index (χ0) is 26.3. The van der Waals surface area contributed by atoms with E-state index in [9.17, 15) is 14.9 Å². The van der Waals surface area contributed by atoms with Crippen LogP contribution in [0.3, 0.4) is 0 Å². The first-order valence-corrected chi connectivity index (χ1v) is 13.0. The average molecular weight is 499 g/mol. The van der Waals surface area contributed by atoms with E-state index in [4.69, 9.17) is 4.74 Å². The second-order valence-electron chi connectivity index (χ2n) is 11.4. The summed E-state index contributed by atoms with van der Waals surface area (Å²) in [5.74, 6) is -0.157. The van der Waals surface area contributed by atoms with Gasteiger partial charge in [-0.3, -0.25) is 9.69 Å². The van der Waals surface area contributed by atoms with Crippen LogP contribution in [0.2, 0.25) is 0 Å². The molecule has 2 aromatic carbocycles. The molecule has 2 aliphatic rings. The minimum Gasteiger partial charge on any atom is -0.444 e. The highest BCUT2D eigenvalue weighted by molar-refractivity contribution is 5.88. The van der Waals surface area contributed by atoms with E-state index in [1.807, 2.05) is 40.0 Å². The van der Waals surface area contributed by atoms with Crippen LogP contribution in [0.5, 0.6) is 0 Å². The summed E-state index contributed by atoms with van der Waals surface area (Å²) in [6, 6.07) is 17.6. The fourth-order valence-electron chi connectivity index (χ4n) is 5.82. The monoisotopic (exact) mass is 498 g/mol. The molecule has 1 aliphatic heterocycles. The highest BCUT2D eigenvalue weighted by Crippen LogP contribution is 2.43. The minimum absolute atomic E-state index is 0.0267. The Balaban J connectivity index is 1.25. The van der Waals surface area contributed by atoms with Crippen LogP contribution in [-0.2, 0) is 23.0 Å². The quantitative estimate of drug-likeness (QED) is 0.525. The number of likely N-dealkylation sites (tertiary alicyclic amines) is 1. The van der Waals surface area contributed by atoms with Gasteiger partial charge < -0.3 is 14.6 Å². The first-order chi connectivity index (χ1) is 17.6. The highest BCUT2D eigenvalue weighted by Gasteiger charge is 2.52. The number of nitrogens with zero attached hydrogens (tertiary/aromatic N) is 3. The molecular formula is C30H34N4O3. The Kier molecular flexibility index (Phi) is 6.45. The van der Waals surface area contributed by atoms with Gasteiger partial charge in [0, 0.05) is 36.6 Å². The molecule has 37 heavy (non-hydrogen) atoms. The molecular weight excluding hydrogens is 464 g/mol. The molecule has 1 saturated heterocycles. The van der Waals surface area contributed by atoms with Gasteiger partial charge in [0.15, 0.2) is 0 Å². The van der Waals surface area contributed by atoms with Gasteiger partial charge in [0.25, 0.3) is 0 Å². The molecule has 0 spiro atoms. The van der Waals surface area contributed by atoms with Gasteiger partial charge in [0.1, 0.15) is 17.7 Å². The summed E-state index contributed by atoms with van der Waals surface area (Å²) in [6.45, 7) is 5.47. The lowest BCUT2D eigenvalue weighted by Gasteiger charge is -2.35. The third kappa shape index (κ3) is 5.06. The van der Waals surface area contributed by atoms with Gasteiger partial charge in [-0.25, -0.2) is 4.79 Å². The van der Waals surface area contributed by atoms with Gasteiger partial charge >= 0.3 is 6.09 Å². The maximum absolute atomic E-state index is 13.3. The standard InChI is InChI=1S/C30H34N4O3/c1-30(2,3)37-29(36)34-25-11-9-23(17-25)27(34)28(35)32-24(18-31)15-19-5-7-20(8-6-19)21-10-12-26-22(16-21)13-14-33(26)4/h5-8,10,12-14,16,23-25,27H,9,11,15,17H2,1-4H3,(H,32,35)/t23-,24-,25+,27-/m0/s1. The molecule has 2 fully saturated rings. The van der Waals surface area contributed by atoms with E-state index in [-0.39, 0.29) is 17.9 Å². The van der Waals surface area contributed by atoms with Crippen molar-refractivity contribution < 1.29 is 14.3 Å². The van der Waals surface area contributed by atoms with Crippen LogP contribution in [-0.4, -0.2) is 45.2 Å². The summed E-state index contributed by atoms with van der Waals surface area (Å²) in [5.41, 5.74) is 3.76. The third-order valence-corrected chi connectivity index (χ3v) is 7.54. The predicted octanol–water partition coefficient (Wildman–Crippen LogP) is 5.18. The Morgan fingerprint density at radius 1 is 1.11 bits per heavy atom. The first kappa shape index (κ1) is 24.9. The van der Waals surface area contributed by atoms with Crippen LogP contribution >= 0.6 is 0 Å². The van der Waals surface area contributed by atoms with Crippen molar-refractivity contribution in [3.63, 3.8) is 0 Å². The molecule has 1 aliphatic carbocycles. The number of fused-ring (bicyclic) bond motifs is 3. The van der Waals surface area contributed by atoms with Crippen LogP contribution in [0, 0.1) is 17.2 Å². The minimum atomic E-state index is -0.682. The normalized spacial score (nSPS) is 21.6. The van der Waals surface area contributed by atoms with Crippen molar-refractivity contribution in [1.29, 1.82) is 5.26 Å². The first-order valence-electron chi connectivity index (χ1n) is 13.0. The number of ether oxygens (including phenoxy) is 1. The average Bonchev–Trinajstić information content (AvgIpc) is 3.57. The molecule has 192 valence electrons. The largest absolute Gasteiger partial charge is 0.444 e. The van der Waals surface area contributed by atoms with Crippen LogP contribution in [0.15, 0.2) is 54.7 Å². The molecule has 7 nitrogen and oxygen atoms in total.